The number of H-pyrrole nitrogens is 1. The monoisotopic (exact) mass is 410 g/mol. The summed E-state index contributed by atoms with van der Waals surface area (Å²) in [6, 6.07) is 3.59. The van der Waals surface area contributed by atoms with Gasteiger partial charge in [-0.3, -0.25) is 9.71 Å². The predicted octanol–water partition coefficient (Wildman–Crippen LogP) is 2.88. The van der Waals surface area contributed by atoms with Crippen molar-refractivity contribution in [2.24, 2.45) is 0 Å². The first-order valence-electron chi connectivity index (χ1n) is 7.55. The van der Waals surface area contributed by atoms with Gasteiger partial charge in [-0.05, 0) is 19.2 Å². The van der Waals surface area contributed by atoms with Crippen LogP contribution in [0.4, 0.5) is 11.5 Å². The minimum Gasteiger partial charge on any atom is -0.384 e. The van der Waals surface area contributed by atoms with Crippen molar-refractivity contribution in [1.82, 2.24) is 19.9 Å². The van der Waals surface area contributed by atoms with Crippen molar-refractivity contribution in [3.63, 3.8) is 0 Å². The summed E-state index contributed by atoms with van der Waals surface area (Å²) in [6.07, 6.45) is 6.34. The lowest BCUT2D eigenvalue weighted by Gasteiger charge is -2.11. The van der Waals surface area contributed by atoms with Gasteiger partial charge >= 0.3 is 0 Å². The molecule has 1 unspecified atom stereocenters. The summed E-state index contributed by atoms with van der Waals surface area (Å²) in [7, 11) is -3.36. The van der Waals surface area contributed by atoms with Gasteiger partial charge in [0.25, 0.3) is 0 Å². The number of nitrogen functional groups attached to an aromatic ring is 1. The fraction of sp³-hybridized carbons (Fsp3) is 0.267. The van der Waals surface area contributed by atoms with E-state index in [9.17, 15) is 8.42 Å². The maximum Gasteiger partial charge on any atom is 0.229 e. The van der Waals surface area contributed by atoms with Crippen molar-refractivity contribution in [3.05, 3.63) is 30.2 Å². The molecule has 3 heterocycles. The van der Waals surface area contributed by atoms with Gasteiger partial charge in [-0.2, -0.15) is 0 Å². The van der Waals surface area contributed by atoms with E-state index in [2.05, 4.69) is 24.7 Å². The van der Waals surface area contributed by atoms with E-state index in [-0.39, 0.29) is 5.25 Å². The van der Waals surface area contributed by atoms with E-state index < -0.39 is 10.0 Å². The summed E-state index contributed by atoms with van der Waals surface area (Å²) < 4.78 is 25.5. The Hall–Kier alpha value is -1.98. The van der Waals surface area contributed by atoms with Crippen molar-refractivity contribution in [2.75, 3.05) is 23.0 Å². The van der Waals surface area contributed by atoms with Crippen molar-refractivity contribution in [3.8, 4) is 0 Å². The molecule has 0 fully saturated rings. The molecule has 138 valence electrons. The molecule has 26 heavy (non-hydrogen) atoms. The van der Waals surface area contributed by atoms with Crippen LogP contribution in [0.3, 0.4) is 0 Å². The number of aromatic nitrogens is 4. The highest BCUT2D eigenvalue weighted by Gasteiger charge is 2.15. The first kappa shape index (κ1) is 18.8. The third-order valence-corrected chi connectivity index (χ3v) is 5.70. The molecule has 3 aromatic heterocycles. The summed E-state index contributed by atoms with van der Waals surface area (Å²) in [4.78, 5) is 16.2. The molecule has 0 bridgehead atoms. The molecule has 0 spiro atoms. The van der Waals surface area contributed by atoms with Gasteiger partial charge in [0.1, 0.15) is 10.8 Å². The number of aromatic amines is 1. The summed E-state index contributed by atoms with van der Waals surface area (Å²) >= 11 is 2.94. The van der Waals surface area contributed by atoms with E-state index in [0.717, 1.165) is 27.9 Å². The van der Waals surface area contributed by atoms with Crippen LogP contribution in [-0.2, 0) is 10.0 Å². The van der Waals surface area contributed by atoms with Crippen molar-refractivity contribution in [2.45, 2.75) is 22.4 Å². The fourth-order valence-corrected chi connectivity index (χ4v) is 4.26. The Balaban J connectivity index is 1.90. The lowest BCUT2D eigenvalue weighted by molar-refractivity contribution is 0.607. The van der Waals surface area contributed by atoms with Gasteiger partial charge in [0.15, 0.2) is 5.16 Å². The molecule has 0 saturated heterocycles. The molecular weight excluding hydrogens is 392 g/mol. The second-order valence-electron chi connectivity index (χ2n) is 5.61. The summed E-state index contributed by atoms with van der Waals surface area (Å²) in [5, 5.41) is 2.09. The van der Waals surface area contributed by atoms with Gasteiger partial charge in [-0.25, -0.2) is 18.4 Å². The highest BCUT2D eigenvalue weighted by Crippen LogP contribution is 2.35. The Bertz CT molecular complexity index is 1050. The molecule has 0 radical (unpaired) electrons. The van der Waals surface area contributed by atoms with Crippen LogP contribution in [0, 0.1) is 0 Å². The maximum absolute atomic E-state index is 11.5. The number of rotatable bonds is 6. The molecule has 3 rings (SSSR count). The number of pyridine rings is 1. The number of fused-ring (bicyclic) bond motifs is 1. The third kappa shape index (κ3) is 4.40. The molecule has 0 aliphatic heterocycles. The Morgan fingerprint density at radius 1 is 1.31 bits per heavy atom. The molecule has 0 amide bonds. The minimum atomic E-state index is -3.36. The third-order valence-electron chi connectivity index (χ3n) is 3.49. The zero-order valence-electron chi connectivity index (χ0n) is 14.3. The van der Waals surface area contributed by atoms with Gasteiger partial charge in [-0.1, -0.05) is 11.8 Å². The highest BCUT2D eigenvalue weighted by atomic mass is 32.2. The van der Waals surface area contributed by atoms with Gasteiger partial charge in [0, 0.05) is 17.6 Å². The van der Waals surface area contributed by atoms with Crippen LogP contribution in [0.2, 0.25) is 0 Å². The molecule has 0 saturated carbocycles. The second-order valence-corrected chi connectivity index (χ2v) is 9.49. The molecule has 1 atom stereocenters. The highest BCUT2D eigenvalue weighted by molar-refractivity contribution is 7.99. The Morgan fingerprint density at radius 3 is 2.77 bits per heavy atom. The van der Waals surface area contributed by atoms with Crippen LogP contribution >= 0.6 is 23.5 Å². The summed E-state index contributed by atoms with van der Waals surface area (Å²) in [6.45, 7) is 1.99. The average molecular weight is 411 g/mol. The lowest BCUT2D eigenvalue weighted by Crippen LogP contribution is -2.09. The maximum atomic E-state index is 11.5. The number of hydrogen-bond donors (Lipinski definition) is 3. The van der Waals surface area contributed by atoms with Gasteiger partial charge in [0.05, 0.1) is 34.6 Å². The van der Waals surface area contributed by atoms with E-state index in [1.165, 1.54) is 23.5 Å². The van der Waals surface area contributed by atoms with Crippen molar-refractivity contribution < 1.29 is 8.42 Å². The number of nitrogens with two attached hydrogens (primary N) is 1. The van der Waals surface area contributed by atoms with E-state index >= 15 is 0 Å². The fourth-order valence-electron chi connectivity index (χ4n) is 2.34. The van der Waals surface area contributed by atoms with Crippen LogP contribution < -0.4 is 10.5 Å². The zero-order chi connectivity index (χ0) is 18.9. The first-order valence-corrected chi connectivity index (χ1v) is 11.5. The molecular formula is C15H18N6O2S3. The normalized spacial score (nSPS) is 13.0. The molecule has 4 N–H and O–H groups in total. The van der Waals surface area contributed by atoms with E-state index in [1.807, 2.05) is 19.2 Å². The smallest absolute Gasteiger partial charge is 0.229 e. The molecule has 11 heteroatoms. The second kappa shape index (κ2) is 7.33. The number of nitrogens with zero attached hydrogens (tertiary/aromatic N) is 3. The largest absolute Gasteiger partial charge is 0.384 e. The van der Waals surface area contributed by atoms with Crippen LogP contribution in [-0.4, -0.2) is 40.9 Å². The topological polar surface area (TPSA) is 127 Å². The average Bonchev–Trinajstić information content (AvgIpc) is 2.94. The summed E-state index contributed by atoms with van der Waals surface area (Å²) in [5.41, 5.74) is 7.86. The van der Waals surface area contributed by atoms with Crippen LogP contribution in [0.1, 0.15) is 17.9 Å². The lowest BCUT2D eigenvalue weighted by atomic mass is 10.2. The molecule has 0 aliphatic carbocycles. The quantitative estimate of drug-likeness (QED) is 0.322. The predicted molar refractivity (Wildman–Crippen MR) is 107 cm³/mol. The first-order chi connectivity index (χ1) is 12.2. The van der Waals surface area contributed by atoms with Gasteiger partial charge in [0.2, 0.25) is 10.0 Å². The summed E-state index contributed by atoms with van der Waals surface area (Å²) in [5.74, 6) is 0.424. The number of sulfonamides is 1. The van der Waals surface area contributed by atoms with E-state index in [0.29, 0.717) is 16.7 Å². The molecule has 0 aliphatic rings. The Morgan fingerprint density at radius 2 is 2.08 bits per heavy atom. The number of anilines is 2. The molecule has 0 aromatic carbocycles. The number of nitrogens with one attached hydrogen (secondary N) is 2. The zero-order valence-corrected chi connectivity index (χ0v) is 16.8. The standard InChI is InChI=1S/C15H18N6O2S3/c1-8(25-15-19-13(16)5-14(20-15)24-2)10-4-9-11(6-17-10)18-7-12(9)21-26(3,22)23/h4-8,18,21H,1-3H3,(H2,16,19,20). The Kier molecular flexibility index (Phi) is 5.30. The van der Waals surface area contributed by atoms with Crippen LogP contribution in [0.15, 0.2) is 34.7 Å². The van der Waals surface area contributed by atoms with Crippen molar-refractivity contribution in [1.29, 1.82) is 0 Å². The molecule has 3 aromatic rings. The van der Waals surface area contributed by atoms with Gasteiger partial charge in [-0.15, -0.1) is 11.8 Å². The Labute approximate surface area is 159 Å². The van der Waals surface area contributed by atoms with Crippen molar-refractivity contribution >= 4 is 56.0 Å². The number of thioether (sulfide) groups is 2. The molecule has 8 nitrogen and oxygen atoms in total. The van der Waals surface area contributed by atoms with Crippen LogP contribution in [0.5, 0.6) is 0 Å². The number of hydrogen-bond acceptors (Lipinski definition) is 8. The van der Waals surface area contributed by atoms with Crippen LogP contribution in [0.25, 0.3) is 10.9 Å². The van der Waals surface area contributed by atoms with E-state index in [4.69, 9.17) is 5.73 Å². The minimum absolute atomic E-state index is 0.0445. The van der Waals surface area contributed by atoms with E-state index in [1.54, 1.807) is 18.5 Å². The SMILES string of the molecule is CSc1cc(N)nc(SC(C)c2cc3c(NS(C)(=O)=O)c[nH]c3cn2)n1. The van der Waals surface area contributed by atoms with Gasteiger partial charge < -0.3 is 10.7 Å².